The number of amides is 2. The van der Waals surface area contributed by atoms with Crippen molar-refractivity contribution in [2.75, 3.05) is 53.4 Å². The number of likely N-dealkylation sites (N-methyl/N-ethyl adjacent to an activating group) is 1. The van der Waals surface area contributed by atoms with Crippen molar-refractivity contribution >= 4 is 17.8 Å². The zero-order chi connectivity index (χ0) is 18.1. The van der Waals surface area contributed by atoms with Crippen molar-refractivity contribution in [3.8, 4) is 0 Å². The Balaban J connectivity index is 2.16. The second kappa shape index (κ2) is 10.2. The lowest BCUT2D eigenvalue weighted by atomic mass is 10.1. The lowest BCUT2D eigenvalue weighted by Crippen LogP contribution is -2.52. The van der Waals surface area contributed by atoms with Crippen molar-refractivity contribution in [3.63, 3.8) is 0 Å². The van der Waals surface area contributed by atoms with E-state index in [-0.39, 0.29) is 24.4 Å². The molecule has 0 aliphatic carbocycles. The van der Waals surface area contributed by atoms with Crippen LogP contribution in [0.25, 0.3) is 0 Å². The van der Waals surface area contributed by atoms with Gasteiger partial charge in [-0.1, -0.05) is 0 Å². The fourth-order valence-electron chi connectivity index (χ4n) is 2.90. The SMILES string of the molecule is CC(=O)C(CCCCNC(=O)N1CCN(CC(=O)O)CC1)N(C)C. The van der Waals surface area contributed by atoms with Crippen LogP contribution in [0.2, 0.25) is 0 Å². The van der Waals surface area contributed by atoms with Gasteiger partial charge >= 0.3 is 12.0 Å². The maximum Gasteiger partial charge on any atom is 0.317 e. The minimum absolute atomic E-state index is 0.0264. The standard InChI is InChI=1S/C16H30N4O4/c1-13(21)14(18(2)3)6-4-5-7-17-16(24)20-10-8-19(9-11-20)12-15(22)23/h14H,4-12H2,1-3H3,(H,17,24)(H,22,23). The zero-order valence-corrected chi connectivity index (χ0v) is 15.0. The molecule has 1 aliphatic heterocycles. The van der Waals surface area contributed by atoms with Gasteiger partial charge in [0.15, 0.2) is 0 Å². The monoisotopic (exact) mass is 342 g/mol. The summed E-state index contributed by atoms with van der Waals surface area (Å²) < 4.78 is 0. The topological polar surface area (TPSA) is 93.2 Å². The number of nitrogens with zero attached hydrogens (tertiary/aromatic N) is 3. The lowest BCUT2D eigenvalue weighted by molar-refractivity contribution is -0.138. The Morgan fingerprint density at radius 3 is 2.25 bits per heavy atom. The summed E-state index contributed by atoms with van der Waals surface area (Å²) in [5.41, 5.74) is 0. The molecule has 1 heterocycles. The zero-order valence-electron chi connectivity index (χ0n) is 15.0. The Labute approximate surface area is 143 Å². The lowest BCUT2D eigenvalue weighted by Gasteiger charge is -2.33. The van der Waals surface area contributed by atoms with E-state index >= 15 is 0 Å². The van der Waals surface area contributed by atoms with Gasteiger partial charge in [0.05, 0.1) is 12.6 Å². The molecular weight excluding hydrogens is 312 g/mol. The van der Waals surface area contributed by atoms with Crippen molar-refractivity contribution in [1.29, 1.82) is 0 Å². The van der Waals surface area contributed by atoms with Crippen LogP contribution in [0.15, 0.2) is 0 Å². The van der Waals surface area contributed by atoms with Crippen LogP contribution in [-0.4, -0.2) is 97.0 Å². The smallest absolute Gasteiger partial charge is 0.317 e. The molecule has 1 rings (SSSR count). The molecule has 8 nitrogen and oxygen atoms in total. The van der Waals surface area contributed by atoms with Gasteiger partial charge in [-0.15, -0.1) is 0 Å². The molecule has 1 atom stereocenters. The van der Waals surface area contributed by atoms with Gasteiger partial charge in [0.2, 0.25) is 0 Å². The summed E-state index contributed by atoms with van der Waals surface area (Å²) in [5, 5.41) is 11.7. The number of Topliss-reactive ketones (excluding diaryl/α,β-unsaturated/α-hetero) is 1. The van der Waals surface area contributed by atoms with Gasteiger partial charge in [0.1, 0.15) is 5.78 Å². The molecule has 1 fully saturated rings. The van der Waals surface area contributed by atoms with E-state index < -0.39 is 5.97 Å². The van der Waals surface area contributed by atoms with E-state index in [4.69, 9.17) is 5.11 Å². The van der Waals surface area contributed by atoms with Gasteiger partial charge in [-0.25, -0.2) is 4.79 Å². The molecule has 0 saturated carbocycles. The number of hydrogen-bond acceptors (Lipinski definition) is 5. The molecule has 0 aromatic rings. The second-order valence-corrected chi connectivity index (χ2v) is 6.47. The highest BCUT2D eigenvalue weighted by atomic mass is 16.4. The number of aliphatic carboxylic acids is 1. The number of nitrogens with one attached hydrogen (secondary N) is 1. The summed E-state index contributed by atoms with van der Waals surface area (Å²) in [6.45, 7) is 4.49. The van der Waals surface area contributed by atoms with E-state index in [0.29, 0.717) is 32.7 Å². The fraction of sp³-hybridized carbons (Fsp3) is 0.812. The molecule has 2 amide bonds. The molecule has 2 N–H and O–H groups in total. The van der Waals surface area contributed by atoms with Crippen LogP contribution in [0.4, 0.5) is 4.79 Å². The average molecular weight is 342 g/mol. The third kappa shape index (κ3) is 7.27. The van der Waals surface area contributed by atoms with Crippen LogP contribution in [0.3, 0.4) is 0 Å². The van der Waals surface area contributed by atoms with Crippen LogP contribution < -0.4 is 5.32 Å². The number of urea groups is 1. The number of piperazine rings is 1. The Hall–Kier alpha value is -1.67. The van der Waals surface area contributed by atoms with Gasteiger partial charge in [0.25, 0.3) is 0 Å². The highest BCUT2D eigenvalue weighted by molar-refractivity contribution is 5.81. The van der Waals surface area contributed by atoms with E-state index in [2.05, 4.69) is 5.32 Å². The summed E-state index contributed by atoms with van der Waals surface area (Å²) in [4.78, 5) is 39.7. The third-order valence-corrected chi connectivity index (χ3v) is 4.29. The normalized spacial score (nSPS) is 16.9. The average Bonchev–Trinajstić information content (AvgIpc) is 2.49. The molecule has 1 unspecified atom stereocenters. The maximum atomic E-state index is 12.1. The van der Waals surface area contributed by atoms with Crippen LogP contribution in [0.5, 0.6) is 0 Å². The second-order valence-electron chi connectivity index (χ2n) is 6.47. The summed E-state index contributed by atoms with van der Waals surface area (Å²) in [6.07, 6.45) is 2.52. The molecule has 8 heteroatoms. The molecule has 1 aliphatic rings. The largest absolute Gasteiger partial charge is 0.480 e. The molecule has 0 aromatic heterocycles. The van der Waals surface area contributed by atoms with Gasteiger partial charge in [0, 0.05) is 32.7 Å². The molecule has 24 heavy (non-hydrogen) atoms. The first-order valence-electron chi connectivity index (χ1n) is 8.45. The van der Waals surface area contributed by atoms with Crippen LogP contribution >= 0.6 is 0 Å². The molecule has 0 radical (unpaired) electrons. The minimum atomic E-state index is -0.838. The van der Waals surface area contributed by atoms with Crippen molar-refractivity contribution < 1.29 is 19.5 Å². The Kier molecular flexibility index (Phi) is 8.70. The Morgan fingerprint density at radius 1 is 1.12 bits per heavy atom. The molecule has 1 saturated heterocycles. The van der Waals surface area contributed by atoms with Crippen LogP contribution in [0.1, 0.15) is 26.2 Å². The number of carbonyl (C=O) groups is 3. The summed E-state index contributed by atoms with van der Waals surface area (Å²) in [7, 11) is 3.80. The van der Waals surface area contributed by atoms with Crippen molar-refractivity contribution in [2.24, 2.45) is 0 Å². The van der Waals surface area contributed by atoms with Crippen molar-refractivity contribution in [3.05, 3.63) is 0 Å². The van der Waals surface area contributed by atoms with Gasteiger partial charge in [-0.3, -0.25) is 19.4 Å². The predicted octanol–water partition coefficient (Wildman–Crippen LogP) is 0.0877. The number of unbranched alkanes of at least 4 members (excludes halogenated alkanes) is 1. The van der Waals surface area contributed by atoms with E-state index in [0.717, 1.165) is 19.3 Å². The number of carbonyl (C=O) groups excluding carboxylic acids is 2. The van der Waals surface area contributed by atoms with Gasteiger partial charge in [-0.2, -0.15) is 0 Å². The fourth-order valence-corrected chi connectivity index (χ4v) is 2.90. The van der Waals surface area contributed by atoms with Crippen LogP contribution in [0, 0.1) is 0 Å². The first-order chi connectivity index (χ1) is 11.3. The van der Waals surface area contributed by atoms with E-state index in [1.54, 1.807) is 11.8 Å². The predicted molar refractivity (Wildman–Crippen MR) is 91.1 cm³/mol. The highest BCUT2D eigenvalue weighted by Crippen LogP contribution is 2.07. The number of carboxylic acids is 1. The van der Waals surface area contributed by atoms with Crippen molar-refractivity contribution in [1.82, 2.24) is 20.0 Å². The first kappa shape index (κ1) is 20.4. The Morgan fingerprint density at radius 2 is 1.75 bits per heavy atom. The molecule has 138 valence electrons. The van der Waals surface area contributed by atoms with E-state index in [1.165, 1.54) is 0 Å². The number of carboxylic acid groups (broad SMARTS) is 1. The van der Waals surface area contributed by atoms with Crippen molar-refractivity contribution in [2.45, 2.75) is 32.2 Å². The molecule has 0 aromatic carbocycles. The first-order valence-corrected chi connectivity index (χ1v) is 8.45. The molecule has 0 bridgehead atoms. The third-order valence-electron chi connectivity index (χ3n) is 4.29. The van der Waals surface area contributed by atoms with E-state index in [9.17, 15) is 14.4 Å². The summed E-state index contributed by atoms with van der Waals surface area (Å²) >= 11 is 0. The quantitative estimate of drug-likeness (QED) is 0.577. The van der Waals surface area contributed by atoms with Gasteiger partial charge in [-0.05, 0) is 40.3 Å². The molecule has 0 spiro atoms. The highest BCUT2D eigenvalue weighted by Gasteiger charge is 2.22. The molecular formula is C16H30N4O4. The Bertz CT molecular complexity index is 434. The number of rotatable bonds is 9. The number of hydrogen-bond donors (Lipinski definition) is 2. The summed E-state index contributed by atoms with van der Waals surface area (Å²) in [5.74, 6) is -0.669. The summed E-state index contributed by atoms with van der Waals surface area (Å²) in [6, 6.07) is -0.149. The minimum Gasteiger partial charge on any atom is -0.480 e. The maximum absolute atomic E-state index is 12.1. The van der Waals surface area contributed by atoms with E-state index in [1.807, 2.05) is 23.9 Å². The number of ketones is 1. The van der Waals surface area contributed by atoms with Gasteiger partial charge < -0.3 is 15.3 Å². The van der Waals surface area contributed by atoms with Crippen LogP contribution in [-0.2, 0) is 9.59 Å².